The molecule has 4 aromatic rings. The van der Waals surface area contributed by atoms with Gasteiger partial charge in [-0.05, 0) is 48.6 Å². The van der Waals surface area contributed by atoms with Gasteiger partial charge in [-0.15, -0.1) is 12.3 Å². The summed E-state index contributed by atoms with van der Waals surface area (Å²) >= 11 is 0. The van der Waals surface area contributed by atoms with Crippen molar-refractivity contribution in [2.75, 3.05) is 0 Å². The standard InChI is InChI=1S/C28H27N5O/c1-3-20-8-4-6-10-25(20)32-28(34)27-15-21(23-9-5-7-11-26(23)31-27)14-19-12-13-24(29-16-19)22-17-30-33(2)18-22/h1,5,7,9,11-13,15-18,20,25H,4,6,8,10,14H2,2H3,(H,32,34)/t20-,25+/m0/s1. The van der Waals surface area contributed by atoms with Gasteiger partial charge in [0.05, 0.1) is 17.4 Å². The van der Waals surface area contributed by atoms with Crippen LogP contribution in [0.25, 0.3) is 22.2 Å². The maximum absolute atomic E-state index is 13.2. The third-order valence-corrected chi connectivity index (χ3v) is 6.55. The fraction of sp³-hybridized carbons (Fsp3) is 0.286. The molecule has 1 aliphatic carbocycles. The Kier molecular flexibility index (Phi) is 6.09. The summed E-state index contributed by atoms with van der Waals surface area (Å²) in [6.07, 6.45) is 16.1. The molecule has 170 valence electrons. The van der Waals surface area contributed by atoms with E-state index >= 15 is 0 Å². The number of pyridine rings is 2. The van der Waals surface area contributed by atoms with Crippen molar-refractivity contribution in [2.24, 2.45) is 13.0 Å². The number of benzene rings is 1. The SMILES string of the molecule is C#C[C@H]1CCCC[C@H]1NC(=O)c1cc(Cc2ccc(-c3cnn(C)c3)nc2)c2ccccc2n1. The average Bonchev–Trinajstić information content (AvgIpc) is 3.31. The van der Waals surface area contributed by atoms with E-state index in [9.17, 15) is 4.79 Å². The fourth-order valence-electron chi connectivity index (χ4n) is 4.73. The van der Waals surface area contributed by atoms with Crippen LogP contribution in [0.2, 0.25) is 0 Å². The molecule has 0 aliphatic heterocycles. The van der Waals surface area contributed by atoms with Crippen LogP contribution in [-0.4, -0.2) is 31.7 Å². The minimum absolute atomic E-state index is 0.00666. The number of para-hydroxylation sites is 1. The molecule has 0 bridgehead atoms. The summed E-state index contributed by atoms with van der Waals surface area (Å²) in [6, 6.07) is 13.9. The number of amides is 1. The molecule has 3 heterocycles. The van der Waals surface area contributed by atoms with Crippen LogP contribution < -0.4 is 5.32 Å². The molecule has 0 saturated heterocycles. The quantitative estimate of drug-likeness (QED) is 0.454. The highest BCUT2D eigenvalue weighted by molar-refractivity contribution is 5.96. The second-order valence-corrected chi connectivity index (χ2v) is 8.95. The zero-order valence-electron chi connectivity index (χ0n) is 19.2. The van der Waals surface area contributed by atoms with Gasteiger partial charge in [0.25, 0.3) is 5.91 Å². The number of rotatable bonds is 5. The van der Waals surface area contributed by atoms with Gasteiger partial charge in [-0.2, -0.15) is 5.10 Å². The van der Waals surface area contributed by atoms with Gasteiger partial charge < -0.3 is 5.32 Å². The second kappa shape index (κ2) is 9.48. The lowest BCUT2D eigenvalue weighted by molar-refractivity contribution is 0.0913. The molecule has 1 aliphatic rings. The summed E-state index contributed by atoms with van der Waals surface area (Å²) in [4.78, 5) is 22.4. The maximum atomic E-state index is 13.2. The number of hydrogen-bond acceptors (Lipinski definition) is 4. The van der Waals surface area contributed by atoms with E-state index in [1.54, 1.807) is 10.9 Å². The molecular weight excluding hydrogens is 422 g/mol. The summed E-state index contributed by atoms with van der Waals surface area (Å²) in [6.45, 7) is 0. The normalized spacial score (nSPS) is 17.9. The number of carbonyl (C=O) groups excluding carboxylic acids is 1. The number of nitrogens with zero attached hydrogens (tertiary/aromatic N) is 4. The highest BCUT2D eigenvalue weighted by atomic mass is 16.1. The van der Waals surface area contributed by atoms with Gasteiger partial charge in [0.1, 0.15) is 5.69 Å². The molecule has 1 aromatic carbocycles. The van der Waals surface area contributed by atoms with Crippen molar-refractivity contribution >= 4 is 16.8 Å². The topological polar surface area (TPSA) is 72.7 Å². The van der Waals surface area contributed by atoms with Crippen molar-refractivity contribution in [3.05, 3.63) is 77.9 Å². The van der Waals surface area contributed by atoms with Crippen molar-refractivity contribution in [2.45, 2.75) is 38.1 Å². The summed E-state index contributed by atoms with van der Waals surface area (Å²) in [7, 11) is 1.89. The van der Waals surface area contributed by atoms with E-state index in [4.69, 9.17) is 6.42 Å². The van der Waals surface area contributed by atoms with Crippen LogP contribution in [-0.2, 0) is 13.5 Å². The van der Waals surface area contributed by atoms with E-state index in [1.807, 2.05) is 55.8 Å². The zero-order valence-corrected chi connectivity index (χ0v) is 19.2. The summed E-state index contributed by atoms with van der Waals surface area (Å²) in [5, 5.41) is 8.41. The van der Waals surface area contributed by atoms with Gasteiger partial charge >= 0.3 is 0 Å². The average molecular weight is 450 g/mol. The Bertz CT molecular complexity index is 1370. The van der Waals surface area contributed by atoms with Crippen LogP contribution in [0.4, 0.5) is 0 Å². The molecule has 0 unspecified atom stereocenters. The van der Waals surface area contributed by atoms with Gasteiger partial charge in [-0.25, -0.2) is 4.98 Å². The lowest BCUT2D eigenvalue weighted by Crippen LogP contribution is -2.41. The maximum Gasteiger partial charge on any atom is 0.270 e. The third kappa shape index (κ3) is 4.55. The molecule has 0 spiro atoms. The molecule has 6 heteroatoms. The first-order chi connectivity index (χ1) is 16.6. The Balaban J connectivity index is 1.42. The molecule has 6 nitrogen and oxygen atoms in total. The van der Waals surface area contributed by atoms with Crippen LogP contribution in [0.1, 0.15) is 47.3 Å². The highest BCUT2D eigenvalue weighted by Gasteiger charge is 2.26. The second-order valence-electron chi connectivity index (χ2n) is 8.95. The first-order valence-corrected chi connectivity index (χ1v) is 11.7. The molecular formula is C28H27N5O. The van der Waals surface area contributed by atoms with Gasteiger partial charge in [-0.3, -0.25) is 14.5 Å². The number of terminal acetylenes is 1. The Hall–Kier alpha value is -3.98. The number of aromatic nitrogens is 4. The lowest BCUT2D eigenvalue weighted by atomic mass is 9.85. The smallest absolute Gasteiger partial charge is 0.270 e. The van der Waals surface area contributed by atoms with E-state index in [0.717, 1.165) is 59.0 Å². The van der Waals surface area contributed by atoms with Crippen molar-refractivity contribution in [3.63, 3.8) is 0 Å². The van der Waals surface area contributed by atoms with E-state index in [1.165, 1.54) is 0 Å². The Morgan fingerprint density at radius 3 is 2.79 bits per heavy atom. The monoisotopic (exact) mass is 449 g/mol. The summed E-state index contributed by atoms with van der Waals surface area (Å²) < 4.78 is 1.76. The summed E-state index contributed by atoms with van der Waals surface area (Å²) in [5.41, 5.74) is 5.21. The van der Waals surface area contributed by atoms with Crippen LogP contribution in [0.15, 0.2) is 61.1 Å². The minimum atomic E-state index is -0.163. The molecule has 34 heavy (non-hydrogen) atoms. The van der Waals surface area contributed by atoms with Crippen molar-refractivity contribution < 1.29 is 4.79 Å². The molecule has 1 fully saturated rings. The van der Waals surface area contributed by atoms with Crippen molar-refractivity contribution in [3.8, 4) is 23.6 Å². The molecule has 1 N–H and O–H groups in total. The van der Waals surface area contributed by atoms with E-state index in [2.05, 4.69) is 32.4 Å². The van der Waals surface area contributed by atoms with Crippen LogP contribution in [0.5, 0.6) is 0 Å². The van der Waals surface area contributed by atoms with Crippen LogP contribution >= 0.6 is 0 Å². The molecule has 1 saturated carbocycles. The molecule has 0 radical (unpaired) electrons. The molecule has 5 rings (SSSR count). The van der Waals surface area contributed by atoms with E-state index in [0.29, 0.717) is 12.1 Å². The van der Waals surface area contributed by atoms with Crippen molar-refractivity contribution in [1.29, 1.82) is 0 Å². The first-order valence-electron chi connectivity index (χ1n) is 11.7. The van der Waals surface area contributed by atoms with Gasteiger partial charge in [0.2, 0.25) is 0 Å². The first kappa shape index (κ1) is 21.8. The van der Waals surface area contributed by atoms with Gasteiger partial charge in [0.15, 0.2) is 0 Å². The largest absolute Gasteiger partial charge is 0.347 e. The third-order valence-electron chi connectivity index (χ3n) is 6.55. The van der Waals surface area contributed by atoms with E-state index in [-0.39, 0.29) is 17.9 Å². The number of carbonyl (C=O) groups is 1. The Labute approximate surface area is 199 Å². The van der Waals surface area contributed by atoms with Gasteiger partial charge in [0, 0.05) is 42.4 Å². The lowest BCUT2D eigenvalue weighted by Gasteiger charge is -2.28. The molecule has 3 aromatic heterocycles. The highest BCUT2D eigenvalue weighted by Crippen LogP contribution is 2.26. The van der Waals surface area contributed by atoms with Crippen molar-refractivity contribution in [1.82, 2.24) is 25.1 Å². The van der Waals surface area contributed by atoms with Crippen LogP contribution in [0, 0.1) is 18.3 Å². The van der Waals surface area contributed by atoms with Crippen LogP contribution in [0.3, 0.4) is 0 Å². The van der Waals surface area contributed by atoms with E-state index < -0.39 is 0 Å². The molecule has 2 atom stereocenters. The Morgan fingerprint density at radius 1 is 1.18 bits per heavy atom. The minimum Gasteiger partial charge on any atom is -0.347 e. The number of fused-ring (bicyclic) bond motifs is 1. The van der Waals surface area contributed by atoms with Gasteiger partial charge in [-0.1, -0.05) is 37.1 Å². The molecule has 1 amide bonds. The number of hydrogen-bond donors (Lipinski definition) is 1. The summed E-state index contributed by atoms with van der Waals surface area (Å²) in [5.74, 6) is 2.78. The fourth-order valence-corrected chi connectivity index (χ4v) is 4.73. The number of aryl methyl sites for hydroxylation is 1. The predicted octanol–water partition coefficient (Wildman–Crippen LogP) is 4.54. The number of nitrogens with one attached hydrogen (secondary N) is 1. The predicted molar refractivity (Wildman–Crippen MR) is 133 cm³/mol. The Morgan fingerprint density at radius 2 is 2.03 bits per heavy atom. The zero-order chi connectivity index (χ0) is 23.5.